The number of aromatic nitrogens is 3. The smallest absolute Gasteiger partial charge is 0.236 e. The number of nitrogens with zero attached hydrogens (tertiary/aromatic N) is 3. The predicted molar refractivity (Wildman–Crippen MR) is 195 cm³/mol. The number of fused-ring (bicyclic) bond motifs is 10. The summed E-state index contributed by atoms with van der Waals surface area (Å²) in [7, 11) is 0. The average molecular weight is 604 g/mol. The van der Waals surface area contributed by atoms with Crippen LogP contribution in [0.4, 0.5) is 0 Å². The highest BCUT2D eigenvalue weighted by atomic mass is 32.1. The molecule has 0 aliphatic rings. The molecule has 0 unspecified atom stereocenters. The van der Waals surface area contributed by atoms with Crippen LogP contribution in [-0.4, -0.2) is 14.5 Å². The van der Waals surface area contributed by atoms with Gasteiger partial charge in [-0.15, -0.1) is 11.3 Å². The Kier molecular flexibility index (Phi) is 5.45. The van der Waals surface area contributed by atoms with Crippen molar-refractivity contribution in [2.75, 3.05) is 0 Å². The molecule has 0 aliphatic carbocycles. The van der Waals surface area contributed by atoms with Crippen LogP contribution in [0.3, 0.4) is 0 Å². The zero-order valence-corrected chi connectivity index (χ0v) is 25.5. The molecule has 3 aromatic heterocycles. The molecular formula is C42H25N3S. The highest BCUT2D eigenvalue weighted by Crippen LogP contribution is 2.44. The molecule has 0 saturated carbocycles. The fraction of sp³-hybridized carbons (Fsp3) is 0. The van der Waals surface area contributed by atoms with Crippen LogP contribution in [0.5, 0.6) is 0 Å². The minimum atomic E-state index is 0.684. The topological polar surface area (TPSA) is 30.7 Å². The van der Waals surface area contributed by atoms with Crippen LogP contribution in [0.15, 0.2) is 152 Å². The Bertz CT molecular complexity index is 2810. The van der Waals surface area contributed by atoms with E-state index in [1.54, 1.807) is 11.3 Å². The first-order valence-electron chi connectivity index (χ1n) is 15.5. The lowest BCUT2D eigenvalue weighted by Gasteiger charge is -2.14. The molecule has 214 valence electrons. The number of rotatable bonds is 3. The molecule has 10 rings (SSSR count). The lowest BCUT2D eigenvalue weighted by Crippen LogP contribution is -2.03. The second-order valence-corrected chi connectivity index (χ2v) is 12.8. The Labute approximate surface area is 268 Å². The lowest BCUT2D eigenvalue weighted by atomic mass is 9.96. The van der Waals surface area contributed by atoms with Gasteiger partial charge in [0.1, 0.15) is 4.83 Å². The Balaban J connectivity index is 1.40. The number of hydrogen-bond acceptors (Lipinski definition) is 3. The summed E-state index contributed by atoms with van der Waals surface area (Å²) in [5, 5.41) is 9.56. The molecule has 0 radical (unpaired) electrons. The SMILES string of the molecule is c1ccc(-c2ccccc2-c2nc(-n3c4ccc5ccccc5c4c4ccc5ccccc5c43)nc3sc4ccccc4c23)cc1. The van der Waals surface area contributed by atoms with E-state index >= 15 is 0 Å². The summed E-state index contributed by atoms with van der Waals surface area (Å²) in [4.78, 5) is 12.0. The van der Waals surface area contributed by atoms with Gasteiger partial charge in [-0.25, -0.2) is 9.97 Å². The Morgan fingerprint density at radius 1 is 0.457 bits per heavy atom. The number of hydrogen-bond donors (Lipinski definition) is 0. The number of thiophene rings is 1. The first kappa shape index (κ1) is 25.5. The van der Waals surface area contributed by atoms with Gasteiger partial charge in [0, 0.05) is 37.2 Å². The van der Waals surface area contributed by atoms with Crippen LogP contribution in [0.1, 0.15) is 0 Å². The van der Waals surface area contributed by atoms with Crippen LogP contribution < -0.4 is 0 Å². The second-order valence-electron chi connectivity index (χ2n) is 11.8. The minimum absolute atomic E-state index is 0.684. The summed E-state index contributed by atoms with van der Waals surface area (Å²) in [5.74, 6) is 0.684. The van der Waals surface area contributed by atoms with Crippen LogP contribution in [0.25, 0.3) is 92.0 Å². The van der Waals surface area contributed by atoms with Crippen LogP contribution in [0, 0.1) is 0 Å². The molecular weight excluding hydrogens is 579 g/mol. The van der Waals surface area contributed by atoms with Gasteiger partial charge in [0.2, 0.25) is 5.95 Å². The van der Waals surface area contributed by atoms with E-state index in [1.807, 2.05) is 0 Å². The maximum atomic E-state index is 5.57. The summed E-state index contributed by atoms with van der Waals surface area (Å²) >= 11 is 1.74. The Morgan fingerprint density at radius 2 is 1.11 bits per heavy atom. The van der Waals surface area contributed by atoms with Gasteiger partial charge < -0.3 is 0 Å². The van der Waals surface area contributed by atoms with E-state index in [1.165, 1.54) is 48.0 Å². The maximum absolute atomic E-state index is 5.57. The fourth-order valence-electron chi connectivity index (χ4n) is 7.22. The molecule has 0 bridgehead atoms. The van der Waals surface area contributed by atoms with E-state index in [0.717, 1.165) is 38.1 Å². The van der Waals surface area contributed by atoms with Gasteiger partial charge in [-0.2, -0.15) is 0 Å². The summed E-state index contributed by atoms with van der Waals surface area (Å²) in [6.07, 6.45) is 0. The van der Waals surface area contributed by atoms with Crippen LogP contribution >= 0.6 is 11.3 Å². The van der Waals surface area contributed by atoms with Gasteiger partial charge in [0.25, 0.3) is 0 Å². The molecule has 0 fully saturated rings. The first-order chi connectivity index (χ1) is 22.8. The molecule has 46 heavy (non-hydrogen) atoms. The fourth-order valence-corrected chi connectivity index (χ4v) is 8.29. The van der Waals surface area contributed by atoms with E-state index in [-0.39, 0.29) is 0 Å². The highest BCUT2D eigenvalue weighted by Gasteiger charge is 2.23. The van der Waals surface area contributed by atoms with Gasteiger partial charge >= 0.3 is 0 Å². The van der Waals surface area contributed by atoms with Crippen molar-refractivity contribution in [3.05, 3.63) is 152 Å². The van der Waals surface area contributed by atoms with Gasteiger partial charge in [-0.1, -0.05) is 140 Å². The van der Waals surface area contributed by atoms with E-state index in [9.17, 15) is 0 Å². The minimum Gasteiger partial charge on any atom is -0.277 e. The predicted octanol–water partition coefficient (Wildman–Crippen LogP) is 11.6. The molecule has 7 aromatic carbocycles. The molecule has 0 N–H and O–H groups in total. The zero-order valence-electron chi connectivity index (χ0n) is 24.7. The van der Waals surface area contributed by atoms with E-state index in [4.69, 9.17) is 9.97 Å². The maximum Gasteiger partial charge on any atom is 0.236 e. The van der Waals surface area contributed by atoms with Gasteiger partial charge in [-0.05, 0) is 39.4 Å². The lowest BCUT2D eigenvalue weighted by molar-refractivity contribution is 1.02. The molecule has 0 saturated heterocycles. The number of benzene rings is 7. The molecule has 3 heterocycles. The summed E-state index contributed by atoms with van der Waals surface area (Å²) in [5.41, 5.74) is 6.61. The average Bonchev–Trinajstić information content (AvgIpc) is 3.68. The third-order valence-electron chi connectivity index (χ3n) is 9.24. The van der Waals surface area contributed by atoms with Gasteiger partial charge in [0.05, 0.1) is 16.7 Å². The van der Waals surface area contributed by atoms with Crippen molar-refractivity contribution in [3.63, 3.8) is 0 Å². The first-order valence-corrected chi connectivity index (χ1v) is 16.3. The van der Waals surface area contributed by atoms with Crippen molar-refractivity contribution in [2.24, 2.45) is 0 Å². The largest absolute Gasteiger partial charge is 0.277 e. The van der Waals surface area contributed by atoms with Gasteiger partial charge in [0.15, 0.2) is 0 Å². The van der Waals surface area contributed by atoms with Crippen molar-refractivity contribution in [1.29, 1.82) is 0 Å². The zero-order chi connectivity index (χ0) is 30.2. The molecule has 0 spiro atoms. The van der Waals surface area contributed by atoms with E-state index in [0.29, 0.717) is 5.95 Å². The summed E-state index contributed by atoms with van der Waals surface area (Å²) in [6.45, 7) is 0. The molecule has 3 nitrogen and oxygen atoms in total. The summed E-state index contributed by atoms with van der Waals surface area (Å²) in [6, 6.07) is 54.1. The van der Waals surface area contributed by atoms with E-state index < -0.39 is 0 Å². The van der Waals surface area contributed by atoms with Crippen molar-refractivity contribution < 1.29 is 0 Å². The van der Waals surface area contributed by atoms with Crippen LogP contribution in [0.2, 0.25) is 0 Å². The summed E-state index contributed by atoms with van der Waals surface area (Å²) < 4.78 is 3.51. The third-order valence-corrected chi connectivity index (χ3v) is 10.3. The van der Waals surface area contributed by atoms with Crippen molar-refractivity contribution in [1.82, 2.24) is 14.5 Å². The molecule has 10 aromatic rings. The molecule has 4 heteroatoms. The second kappa shape index (κ2) is 9.83. The normalized spacial score (nSPS) is 11.9. The Hall–Kier alpha value is -5.84. The quantitative estimate of drug-likeness (QED) is 0.201. The molecule has 0 amide bonds. The van der Waals surface area contributed by atoms with Gasteiger partial charge in [-0.3, -0.25) is 4.57 Å². The molecule has 0 aliphatic heterocycles. The van der Waals surface area contributed by atoms with Crippen LogP contribution in [-0.2, 0) is 0 Å². The van der Waals surface area contributed by atoms with Crippen molar-refractivity contribution >= 4 is 75.0 Å². The standard InChI is InChI=1S/C42H25N3S/c1-2-12-26(13-3-1)29-16-8-9-19-32(29)39-38-33-20-10-11-21-36(33)46-41(38)44-42(43-39)45-35-25-23-27-14-4-6-17-30(27)37(35)34-24-22-28-15-5-7-18-31(28)40(34)45/h1-25H. The monoisotopic (exact) mass is 603 g/mol. The molecule has 0 atom stereocenters. The van der Waals surface area contributed by atoms with E-state index in [2.05, 4.69) is 156 Å². The highest BCUT2D eigenvalue weighted by molar-refractivity contribution is 7.25. The third kappa shape index (κ3) is 3.65. The Morgan fingerprint density at radius 3 is 1.96 bits per heavy atom. The van der Waals surface area contributed by atoms with Crippen molar-refractivity contribution in [2.45, 2.75) is 0 Å². The van der Waals surface area contributed by atoms with Crippen molar-refractivity contribution in [3.8, 4) is 28.3 Å².